The second-order valence-corrected chi connectivity index (χ2v) is 14.8. The van der Waals surface area contributed by atoms with E-state index < -0.39 is 34.1 Å². The van der Waals surface area contributed by atoms with Crippen molar-refractivity contribution in [1.29, 1.82) is 0 Å². The lowest BCUT2D eigenvalue weighted by Gasteiger charge is -2.35. The van der Waals surface area contributed by atoms with Crippen molar-refractivity contribution in [3.05, 3.63) is 124 Å². The minimum atomic E-state index is -4.24. The van der Waals surface area contributed by atoms with E-state index in [1.54, 1.807) is 49.6 Å². The lowest BCUT2D eigenvalue weighted by atomic mass is 10.0. The van der Waals surface area contributed by atoms with Gasteiger partial charge < -0.3 is 15.0 Å². The summed E-state index contributed by atoms with van der Waals surface area (Å²) in [7, 11) is -2.69. The summed E-state index contributed by atoms with van der Waals surface area (Å²) in [6, 6.07) is 27.0. The molecule has 0 aromatic heterocycles. The molecule has 0 fully saturated rings. The Hall–Kier alpha value is -4.34. The summed E-state index contributed by atoms with van der Waals surface area (Å²) in [6.07, 6.45) is 0.208. The lowest BCUT2D eigenvalue weighted by molar-refractivity contribution is -0.140. The monoisotopic (exact) mass is 675 g/mol. The summed E-state index contributed by atoms with van der Waals surface area (Å²) in [5, 5.41) is 3.40. The molecule has 10 heteroatoms. The van der Waals surface area contributed by atoms with Gasteiger partial charge in [0.2, 0.25) is 11.8 Å². The van der Waals surface area contributed by atoms with E-state index in [0.29, 0.717) is 16.3 Å². The van der Waals surface area contributed by atoms with Crippen LogP contribution in [-0.2, 0) is 32.6 Å². The summed E-state index contributed by atoms with van der Waals surface area (Å²) < 4.78 is 35.0. The third-order valence-electron chi connectivity index (χ3n) is 7.59. The van der Waals surface area contributed by atoms with Gasteiger partial charge in [-0.25, -0.2) is 8.42 Å². The molecule has 0 aliphatic carbocycles. The maximum atomic E-state index is 14.6. The van der Waals surface area contributed by atoms with Crippen LogP contribution in [-0.4, -0.2) is 50.4 Å². The first kappa shape index (κ1) is 35.5. The number of benzene rings is 4. The summed E-state index contributed by atoms with van der Waals surface area (Å²) in [4.78, 5) is 30.2. The fourth-order valence-electron chi connectivity index (χ4n) is 5.08. The summed E-state index contributed by atoms with van der Waals surface area (Å²) >= 11 is 6.47. The molecule has 8 nitrogen and oxygen atoms in total. The lowest BCUT2D eigenvalue weighted by Crippen LogP contribution is -2.56. The van der Waals surface area contributed by atoms with Crippen molar-refractivity contribution in [3.8, 4) is 5.75 Å². The Kier molecular flexibility index (Phi) is 11.4. The minimum Gasteiger partial charge on any atom is -0.497 e. The Balaban J connectivity index is 1.84. The van der Waals surface area contributed by atoms with Crippen LogP contribution in [0, 0.1) is 13.8 Å². The zero-order chi connectivity index (χ0) is 34.4. The van der Waals surface area contributed by atoms with Gasteiger partial charge in [-0.3, -0.25) is 13.9 Å². The second kappa shape index (κ2) is 15.0. The molecular formula is C37H42ClN3O5S. The molecule has 0 radical (unpaired) electrons. The normalized spacial score (nSPS) is 12.2. The van der Waals surface area contributed by atoms with Crippen LogP contribution >= 0.6 is 11.6 Å². The highest BCUT2D eigenvalue weighted by Gasteiger charge is 2.35. The van der Waals surface area contributed by atoms with Crippen LogP contribution in [0.1, 0.15) is 43.0 Å². The van der Waals surface area contributed by atoms with Gasteiger partial charge in [0.05, 0.1) is 17.7 Å². The molecule has 0 heterocycles. The molecule has 0 saturated heterocycles. The van der Waals surface area contributed by atoms with E-state index in [2.05, 4.69) is 5.32 Å². The average Bonchev–Trinajstić information content (AvgIpc) is 3.02. The molecule has 0 spiro atoms. The Bertz CT molecular complexity index is 1810. The summed E-state index contributed by atoms with van der Waals surface area (Å²) in [5.41, 5.74) is 2.86. The Morgan fingerprint density at radius 1 is 0.872 bits per heavy atom. The standard InChI is InChI=1S/C37H42ClN3O5S/c1-26-15-19-32(20-16-26)47(44,45)41(30-18-17-27(2)33(38)23-30)25-35(42)40(24-29-13-10-14-31(21-29)46-6)34(36(43)39-37(3,4)5)22-28-11-8-7-9-12-28/h7-21,23,34H,22,24-25H2,1-6H3,(H,39,43)/t34-/m0/s1. The van der Waals surface area contributed by atoms with Crippen LogP contribution in [0.3, 0.4) is 0 Å². The molecule has 1 N–H and O–H groups in total. The maximum absolute atomic E-state index is 14.6. The zero-order valence-electron chi connectivity index (χ0n) is 27.7. The predicted molar refractivity (Wildman–Crippen MR) is 187 cm³/mol. The predicted octanol–water partition coefficient (Wildman–Crippen LogP) is 6.72. The van der Waals surface area contributed by atoms with Crippen molar-refractivity contribution in [1.82, 2.24) is 10.2 Å². The minimum absolute atomic E-state index is 0.0260. The number of anilines is 1. The molecule has 4 aromatic rings. The Morgan fingerprint density at radius 2 is 1.53 bits per heavy atom. The Morgan fingerprint density at radius 3 is 2.15 bits per heavy atom. The number of rotatable bonds is 12. The number of amides is 2. The largest absolute Gasteiger partial charge is 0.497 e. The van der Waals surface area contributed by atoms with Crippen molar-refractivity contribution in [2.45, 2.75) is 64.1 Å². The number of sulfonamides is 1. The van der Waals surface area contributed by atoms with E-state index in [1.807, 2.05) is 71.0 Å². The molecule has 47 heavy (non-hydrogen) atoms. The van der Waals surface area contributed by atoms with Gasteiger partial charge in [0.25, 0.3) is 10.0 Å². The maximum Gasteiger partial charge on any atom is 0.264 e. The Labute approximate surface area is 283 Å². The molecule has 4 aromatic carbocycles. The molecule has 0 unspecified atom stereocenters. The van der Waals surface area contributed by atoms with E-state index in [9.17, 15) is 18.0 Å². The van der Waals surface area contributed by atoms with Gasteiger partial charge in [0.1, 0.15) is 18.3 Å². The number of carbonyl (C=O) groups is 2. The van der Waals surface area contributed by atoms with Crippen molar-refractivity contribution < 1.29 is 22.7 Å². The topological polar surface area (TPSA) is 96.0 Å². The number of aryl methyl sites for hydroxylation is 2. The number of nitrogens with zero attached hydrogens (tertiary/aromatic N) is 2. The second-order valence-electron chi connectivity index (χ2n) is 12.6. The molecule has 2 amide bonds. The fraction of sp³-hybridized carbons (Fsp3) is 0.297. The van der Waals surface area contributed by atoms with Crippen LogP contribution in [0.4, 0.5) is 5.69 Å². The van der Waals surface area contributed by atoms with Crippen LogP contribution in [0.15, 0.2) is 102 Å². The van der Waals surface area contributed by atoms with Gasteiger partial charge in [0.15, 0.2) is 0 Å². The molecule has 0 saturated carbocycles. The first-order valence-electron chi connectivity index (χ1n) is 15.3. The van der Waals surface area contributed by atoms with Gasteiger partial charge in [0, 0.05) is 23.5 Å². The van der Waals surface area contributed by atoms with Crippen LogP contribution in [0.5, 0.6) is 5.75 Å². The average molecular weight is 676 g/mol. The highest BCUT2D eigenvalue weighted by molar-refractivity contribution is 7.92. The number of methoxy groups -OCH3 is 1. The number of nitrogens with one attached hydrogen (secondary N) is 1. The van der Waals surface area contributed by atoms with E-state index in [-0.39, 0.29) is 29.5 Å². The van der Waals surface area contributed by atoms with E-state index in [1.165, 1.54) is 23.1 Å². The van der Waals surface area contributed by atoms with Gasteiger partial charge >= 0.3 is 0 Å². The molecule has 0 bridgehead atoms. The van der Waals surface area contributed by atoms with Crippen molar-refractivity contribution in [2.24, 2.45) is 0 Å². The molecule has 4 rings (SSSR count). The summed E-state index contributed by atoms with van der Waals surface area (Å²) in [6.45, 7) is 8.74. The van der Waals surface area contributed by atoms with E-state index >= 15 is 0 Å². The third kappa shape index (κ3) is 9.36. The van der Waals surface area contributed by atoms with Gasteiger partial charge in [-0.15, -0.1) is 0 Å². The first-order chi connectivity index (χ1) is 22.2. The highest BCUT2D eigenvalue weighted by Crippen LogP contribution is 2.29. The highest BCUT2D eigenvalue weighted by atomic mass is 35.5. The number of ether oxygens (including phenoxy) is 1. The number of hydrogen-bond acceptors (Lipinski definition) is 5. The quantitative estimate of drug-likeness (QED) is 0.180. The SMILES string of the molecule is COc1cccc(CN(C(=O)CN(c2ccc(C)c(Cl)c2)S(=O)(=O)c2ccc(C)cc2)[C@@H](Cc2ccccc2)C(=O)NC(C)(C)C)c1. The van der Waals surface area contributed by atoms with Crippen LogP contribution in [0.2, 0.25) is 5.02 Å². The molecule has 248 valence electrons. The van der Waals surface area contributed by atoms with Crippen molar-refractivity contribution >= 4 is 39.1 Å². The van der Waals surface area contributed by atoms with Crippen molar-refractivity contribution in [2.75, 3.05) is 18.0 Å². The first-order valence-corrected chi connectivity index (χ1v) is 17.1. The number of hydrogen-bond donors (Lipinski definition) is 1. The molecule has 1 atom stereocenters. The molecule has 0 aliphatic rings. The number of halogens is 1. The van der Waals surface area contributed by atoms with Crippen molar-refractivity contribution in [3.63, 3.8) is 0 Å². The van der Waals surface area contributed by atoms with Gasteiger partial charge in [-0.1, -0.05) is 77.8 Å². The van der Waals surface area contributed by atoms with Crippen LogP contribution in [0.25, 0.3) is 0 Å². The van der Waals surface area contributed by atoms with E-state index in [0.717, 1.165) is 21.0 Å². The van der Waals surface area contributed by atoms with Gasteiger partial charge in [-0.05, 0) is 87.7 Å². The third-order valence-corrected chi connectivity index (χ3v) is 9.78. The summed E-state index contributed by atoms with van der Waals surface area (Å²) in [5.74, 6) is -0.333. The molecular weight excluding hydrogens is 634 g/mol. The zero-order valence-corrected chi connectivity index (χ0v) is 29.2. The van der Waals surface area contributed by atoms with E-state index in [4.69, 9.17) is 16.3 Å². The molecule has 0 aliphatic heterocycles. The van der Waals surface area contributed by atoms with Crippen LogP contribution < -0.4 is 14.4 Å². The fourth-order valence-corrected chi connectivity index (χ4v) is 6.66. The number of carbonyl (C=O) groups excluding carboxylic acids is 2. The van der Waals surface area contributed by atoms with Gasteiger partial charge in [-0.2, -0.15) is 0 Å². The smallest absolute Gasteiger partial charge is 0.264 e.